The van der Waals surface area contributed by atoms with Gasteiger partial charge in [-0.3, -0.25) is 29.8 Å². The molecule has 0 bridgehead atoms. The Morgan fingerprint density at radius 2 is 1.19 bits per heavy atom. The van der Waals surface area contributed by atoms with Crippen molar-refractivity contribution in [1.82, 2.24) is 10.6 Å². The standard InChI is InChI=1S/C29H18Br2N2O4/c1-3-10(4-2)17-24-22-14(27(35)33-29(24)37)8-5-11-19-16(30)9-15-18-13(26(34)32-28(15)36)7-6-12(20(18)19)23(21(11)22)25(17)31/h5-10H,3-4H2,1-2H3,(H,32,34,36)(H,33,35,37). The molecule has 0 saturated heterocycles. The summed E-state index contributed by atoms with van der Waals surface area (Å²) >= 11 is 7.59. The maximum absolute atomic E-state index is 13.4. The fourth-order valence-electron chi connectivity index (χ4n) is 6.42. The zero-order valence-electron chi connectivity index (χ0n) is 19.8. The van der Waals surface area contributed by atoms with Crippen molar-refractivity contribution < 1.29 is 19.2 Å². The Balaban J connectivity index is 1.86. The van der Waals surface area contributed by atoms with E-state index in [1.54, 1.807) is 18.2 Å². The first-order valence-corrected chi connectivity index (χ1v) is 13.7. The quantitative estimate of drug-likeness (QED) is 0.130. The lowest BCUT2D eigenvalue weighted by Gasteiger charge is -2.29. The smallest absolute Gasteiger partial charge is 0.259 e. The van der Waals surface area contributed by atoms with Gasteiger partial charge in [0.15, 0.2) is 0 Å². The molecule has 5 aromatic rings. The van der Waals surface area contributed by atoms with Crippen LogP contribution in [0.4, 0.5) is 0 Å². The largest absolute Gasteiger partial charge is 0.288 e. The highest BCUT2D eigenvalue weighted by Gasteiger charge is 2.35. The summed E-state index contributed by atoms with van der Waals surface area (Å²) in [6.07, 6.45) is 1.64. The highest BCUT2D eigenvalue weighted by atomic mass is 79.9. The van der Waals surface area contributed by atoms with Crippen LogP contribution in [-0.4, -0.2) is 23.6 Å². The van der Waals surface area contributed by atoms with Crippen molar-refractivity contribution in [1.29, 1.82) is 0 Å². The zero-order chi connectivity index (χ0) is 25.9. The van der Waals surface area contributed by atoms with Crippen LogP contribution in [0, 0.1) is 0 Å². The van der Waals surface area contributed by atoms with Gasteiger partial charge >= 0.3 is 0 Å². The van der Waals surface area contributed by atoms with E-state index in [1.165, 1.54) is 0 Å². The molecular formula is C29H18Br2N2O4. The van der Waals surface area contributed by atoms with E-state index in [1.807, 2.05) is 12.1 Å². The number of nitrogens with one attached hydrogen (secondary N) is 2. The van der Waals surface area contributed by atoms with E-state index in [2.05, 4.69) is 56.3 Å². The fraction of sp³-hybridized carbons (Fsp3) is 0.172. The maximum Gasteiger partial charge on any atom is 0.259 e. The van der Waals surface area contributed by atoms with Crippen LogP contribution >= 0.6 is 31.9 Å². The van der Waals surface area contributed by atoms with Gasteiger partial charge in [0, 0.05) is 58.0 Å². The molecule has 6 nitrogen and oxygen atoms in total. The third kappa shape index (κ3) is 2.69. The van der Waals surface area contributed by atoms with Crippen LogP contribution in [-0.2, 0) is 0 Å². The molecule has 4 amide bonds. The first-order chi connectivity index (χ1) is 17.8. The summed E-state index contributed by atoms with van der Waals surface area (Å²) in [4.78, 5) is 52.0. The molecule has 0 aliphatic carbocycles. The summed E-state index contributed by atoms with van der Waals surface area (Å²) in [6.45, 7) is 4.18. The van der Waals surface area contributed by atoms with Crippen LogP contribution in [0.5, 0.6) is 0 Å². The van der Waals surface area contributed by atoms with E-state index in [-0.39, 0.29) is 11.8 Å². The lowest BCUT2D eigenvalue weighted by Crippen LogP contribution is -2.36. The average molecular weight is 618 g/mol. The predicted octanol–water partition coefficient (Wildman–Crippen LogP) is 6.93. The van der Waals surface area contributed by atoms with Gasteiger partial charge in [-0.2, -0.15) is 0 Å². The van der Waals surface area contributed by atoms with E-state index < -0.39 is 17.7 Å². The molecule has 2 N–H and O–H groups in total. The monoisotopic (exact) mass is 616 g/mol. The molecule has 0 radical (unpaired) electrons. The molecule has 0 aromatic heterocycles. The average Bonchev–Trinajstić information content (AvgIpc) is 2.87. The Bertz CT molecular complexity index is 1960. The Morgan fingerprint density at radius 3 is 1.84 bits per heavy atom. The number of benzene rings is 5. The van der Waals surface area contributed by atoms with Crippen molar-refractivity contribution in [2.75, 3.05) is 0 Å². The summed E-state index contributed by atoms with van der Waals surface area (Å²) in [5.41, 5.74) is 2.77. The molecule has 8 heteroatoms. The fourth-order valence-corrected chi connectivity index (χ4v) is 8.00. The topological polar surface area (TPSA) is 92.3 Å². The molecular weight excluding hydrogens is 600 g/mol. The molecule has 7 rings (SSSR count). The van der Waals surface area contributed by atoms with Gasteiger partial charge in [-0.05, 0) is 69.2 Å². The van der Waals surface area contributed by atoms with Crippen LogP contribution in [0.2, 0.25) is 0 Å². The SMILES string of the molecule is CCC(CC)c1c2c3c(ccc4c5c(Br)cc6c7c(ccc(c(c1Br)c34)c75)C(=O)NC6=O)C(=O)NC2=O. The van der Waals surface area contributed by atoms with Crippen molar-refractivity contribution in [3.63, 3.8) is 0 Å². The number of rotatable bonds is 3. The predicted molar refractivity (Wildman–Crippen MR) is 150 cm³/mol. The molecule has 37 heavy (non-hydrogen) atoms. The summed E-state index contributed by atoms with van der Waals surface area (Å²) < 4.78 is 1.51. The maximum atomic E-state index is 13.4. The molecule has 0 fully saturated rings. The first-order valence-electron chi connectivity index (χ1n) is 12.1. The minimum absolute atomic E-state index is 0.0842. The van der Waals surface area contributed by atoms with Crippen molar-refractivity contribution in [2.24, 2.45) is 0 Å². The Kier molecular flexibility index (Phi) is 4.67. The molecule has 0 unspecified atom stereocenters. The second-order valence-electron chi connectivity index (χ2n) is 9.66. The van der Waals surface area contributed by atoms with E-state index in [9.17, 15) is 19.2 Å². The van der Waals surface area contributed by atoms with Gasteiger partial charge in [-0.25, -0.2) is 0 Å². The second kappa shape index (κ2) is 7.58. The van der Waals surface area contributed by atoms with Crippen molar-refractivity contribution in [2.45, 2.75) is 32.6 Å². The second-order valence-corrected chi connectivity index (χ2v) is 11.3. The number of amides is 4. The minimum Gasteiger partial charge on any atom is -0.288 e. The lowest BCUT2D eigenvalue weighted by molar-refractivity contribution is 0.0828. The summed E-state index contributed by atoms with van der Waals surface area (Å²) in [5.74, 6) is -1.57. The van der Waals surface area contributed by atoms with Gasteiger partial charge in [-0.1, -0.05) is 41.9 Å². The van der Waals surface area contributed by atoms with Crippen molar-refractivity contribution in [3.05, 3.63) is 67.1 Å². The molecule has 0 saturated carbocycles. The normalized spacial score (nSPS) is 15.1. The van der Waals surface area contributed by atoms with Crippen LogP contribution in [0.1, 0.15) is 79.6 Å². The number of imide groups is 2. The molecule has 2 aliphatic heterocycles. The van der Waals surface area contributed by atoms with Gasteiger partial charge in [0.05, 0.1) is 5.56 Å². The minimum atomic E-state index is -0.433. The van der Waals surface area contributed by atoms with Gasteiger partial charge in [-0.15, -0.1) is 0 Å². The van der Waals surface area contributed by atoms with E-state index in [0.717, 1.165) is 55.2 Å². The van der Waals surface area contributed by atoms with E-state index in [0.29, 0.717) is 37.5 Å². The summed E-state index contributed by atoms with van der Waals surface area (Å²) in [5, 5.41) is 11.3. The number of carbonyl (C=O) groups excluding carboxylic acids is 4. The number of halogens is 2. The van der Waals surface area contributed by atoms with E-state index in [4.69, 9.17) is 0 Å². The number of carbonyl (C=O) groups is 4. The van der Waals surface area contributed by atoms with E-state index >= 15 is 0 Å². The van der Waals surface area contributed by atoms with Gasteiger partial charge < -0.3 is 0 Å². The van der Waals surface area contributed by atoms with Crippen molar-refractivity contribution in [3.8, 4) is 0 Å². The van der Waals surface area contributed by atoms with Gasteiger partial charge in [0.2, 0.25) is 0 Å². The summed E-state index contributed by atoms with van der Waals surface area (Å²) in [7, 11) is 0. The first kappa shape index (κ1) is 22.8. The molecule has 5 aromatic carbocycles. The van der Waals surface area contributed by atoms with Gasteiger partial charge in [0.25, 0.3) is 23.6 Å². The lowest BCUT2D eigenvalue weighted by atomic mass is 9.78. The molecule has 182 valence electrons. The molecule has 2 heterocycles. The molecule has 0 spiro atoms. The highest BCUT2D eigenvalue weighted by Crippen LogP contribution is 2.52. The molecule has 2 aliphatic rings. The van der Waals surface area contributed by atoms with Gasteiger partial charge in [0.1, 0.15) is 0 Å². The third-order valence-corrected chi connectivity index (χ3v) is 9.46. The van der Waals surface area contributed by atoms with Crippen LogP contribution < -0.4 is 10.6 Å². The van der Waals surface area contributed by atoms with Crippen LogP contribution in [0.3, 0.4) is 0 Å². The Morgan fingerprint density at radius 1 is 0.649 bits per heavy atom. The zero-order valence-corrected chi connectivity index (χ0v) is 22.9. The number of fused-ring (bicyclic) bond motifs is 2. The number of hydrogen-bond acceptors (Lipinski definition) is 4. The summed E-state index contributed by atoms with van der Waals surface area (Å²) in [6, 6.07) is 9.07. The number of hydrogen-bond donors (Lipinski definition) is 2. The van der Waals surface area contributed by atoms with Crippen LogP contribution in [0.25, 0.3) is 43.1 Å². The Labute approximate surface area is 227 Å². The highest BCUT2D eigenvalue weighted by molar-refractivity contribution is 9.11. The van der Waals surface area contributed by atoms with Crippen LogP contribution in [0.15, 0.2) is 39.3 Å². The Hall–Kier alpha value is -3.36. The molecule has 0 atom stereocenters. The van der Waals surface area contributed by atoms with Crippen molar-refractivity contribution >= 4 is 98.6 Å². The third-order valence-electron chi connectivity index (χ3n) is 8.01.